The molecular weight excluding hydrogens is 556 g/mol. The number of carbonyl (C=O) groups excluding carboxylic acids is 2. The number of likely N-dealkylation sites (N-methyl/N-ethyl adjacent to an activating group) is 1. The van der Waals surface area contributed by atoms with Gasteiger partial charge in [0, 0.05) is 50.1 Å². The molecule has 0 aromatic carbocycles. The summed E-state index contributed by atoms with van der Waals surface area (Å²) in [5.41, 5.74) is 9.46. The summed E-state index contributed by atoms with van der Waals surface area (Å²) in [6.45, 7) is 3.46. The molecule has 5 rings (SSSR count). The van der Waals surface area contributed by atoms with Gasteiger partial charge in [-0.3, -0.25) is 14.0 Å². The van der Waals surface area contributed by atoms with Crippen molar-refractivity contribution in [2.45, 2.75) is 57.4 Å². The Kier molecular flexibility index (Phi) is 9.74. The van der Waals surface area contributed by atoms with Gasteiger partial charge < -0.3 is 25.6 Å². The van der Waals surface area contributed by atoms with Crippen molar-refractivity contribution in [1.82, 2.24) is 29.2 Å². The van der Waals surface area contributed by atoms with E-state index >= 15 is 0 Å². The van der Waals surface area contributed by atoms with Gasteiger partial charge in [-0.1, -0.05) is 25.5 Å². The van der Waals surface area contributed by atoms with Gasteiger partial charge >= 0.3 is 0 Å². The molecule has 1 aliphatic heterocycles. The van der Waals surface area contributed by atoms with E-state index in [0.717, 1.165) is 49.2 Å². The van der Waals surface area contributed by atoms with Gasteiger partial charge in [0.05, 0.1) is 24.4 Å². The minimum atomic E-state index is -0.284. The Morgan fingerprint density at radius 2 is 2.07 bits per heavy atom. The van der Waals surface area contributed by atoms with Gasteiger partial charge in [0.25, 0.3) is 5.91 Å². The maximum atomic E-state index is 13.3. The van der Waals surface area contributed by atoms with Gasteiger partial charge in [-0.2, -0.15) is 0 Å². The van der Waals surface area contributed by atoms with E-state index in [1.807, 2.05) is 58.8 Å². The number of aryl methyl sites for hydroxylation is 1. The monoisotopic (exact) mass is 598 g/mol. The number of ether oxygens (including phenoxy) is 1. The third kappa shape index (κ3) is 6.67. The number of imidazole rings is 1. The van der Waals surface area contributed by atoms with Crippen molar-refractivity contribution in [3.8, 4) is 0 Å². The average molecular weight is 599 g/mol. The summed E-state index contributed by atoms with van der Waals surface area (Å²) in [4.78, 5) is 44.4. The van der Waals surface area contributed by atoms with E-state index in [-0.39, 0.29) is 23.8 Å². The number of pyridine rings is 1. The first-order chi connectivity index (χ1) is 21.3. The number of nitrogens with one attached hydrogen (secondary N) is 1. The number of likely N-dealkylation sites (tertiary alicyclic amines) is 1. The fourth-order valence-corrected chi connectivity index (χ4v) is 5.97. The molecule has 1 fully saturated rings. The molecule has 44 heavy (non-hydrogen) atoms. The number of methoxy groups -OCH3 is 1. The number of hydrogen-bond acceptors (Lipinski definition) is 8. The minimum absolute atomic E-state index is 0.0237. The Labute approximate surface area is 258 Å². The fraction of sp³-hybridized carbons (Fsp3) is 0.424. The maximum Gasteiger partial charge on any atom is 0.260 e. The number of fused-ring (bicyclic) bond motifs is 1. The molecule has 3 N–H and O–H groups in total. The highest BCUT2D eigenvalue weighted by molar-refractivity contribution is 6.06. The van der Waals surface area contributed by atoms with Crippen molar-refractivity contribution in [2.24, 2.45) is 0 Å². The number of hydrogen-bond donors (Lipinski definition) is 2. The van der Waals surface area contributed by atoms with Gasteiger partial charge in [-0.25, -0.2) is 15.0 Å². The Morgan fingerprint density at radius 3 is 2.84 bits per heavy atom. The van der Waals surface area contributed by atoms with Crippen molar-refractivity contribution in [3.63, 3.8) is 0 Å². The Balaban J connectivity index is 1.43. The molecule has 11 heteroatoms. The van der Waals surface area contributed by atoms with E-state index in [2.05, 4.69) is 22.2 Å². The van der Waals surface area contributed by atoms with Crippen molar-refractivity contribution < 1.29 is 14.3 Å². The van der Waals surface area contributed by atoms with Gasteiger partial charge in [-0.15, -0.1) is 0 Å². The number of piperidine rings is 1. The molecule has 0 spiro atoms. The fourth-order valence-electron chi connectivity index (χ4n) is 5.97. The third-order valence-electron chi connectivity index (χ3n) is 8.10. The second kappa shape index (κ2) is 13.9. The lowest BCUT2D eigenvalue weighted by Gasteiger charge is -2.34. The molecule has 4 heterocycles. The lowest BCUT2D eigenvalue weighted by atomic mass is 9.91. The first kappa shape index (κ1) is 30.9. The number of allylic oxidation sites excluding steroid dienone is 2. The smallest absolute Gasteiger partial charge is 0.260 e. The number of rotatable bonds is 10. The number of carbonyl (C=O) groups is 2. The largest absolute Gasteiger partial charge is 0.500 e. The molecule has 0 radical (unpaired) electrons. The number of amides is 2. The van der Waals surface area contributed by atoms with Gasteiger partial charge in [0.15, 0.2) is 0 Å². The van der Waals surface area contributed by atoms with Crippen LogP contribution in [-0.4, -0.2) is 75.3 Å². The van der Waals surface area contributed by atoms with E-state index < -0.39 is 0 Å². The number of anilines is 2. The van der Waals surface area contributed by atoms with Crippen LogP contribution in [0.3, 0.4) is 0 Å². The van der Waals surface area contributed by atoms with E-state index in [1.165, 1.54) is 0 Å². The van der Waals surface area contributed by atoms with Crippen molar-refractivity contribution in [2.75, 3.05) is 45.3 Å². The van der Waals surface area contributed by atoms with Crippen LogP contribution in [0.15, 0.2) is 66.4 Å². The van der Waals surface area contributed by atoms with Crippen LogP contribution in [0.25, 0.3) is 5.52 Å². The molecule has 1 unspecified atom stereocenters. The third-order valence-corrected chi connectivity index (χ3v) is 8.10. The summed E-state index contributed by atoms with van der Waals surface area (Å²) in [7, 11) is 5.51. The summed E-state index contributed by atoms with van der Waals surface area (Å²) in [5, 5.41) is 2.92. The molecule has 0 bridgehead atoms. The topological polar surface area (TPSA) is 131 Å². The highest BCUT2D eigenvalue weighted by Crippen LogP contribution is 2.38. The van der Waals surface area contributed by atoms with Crippen LogP contribution < -0.4 is 11.1 Å². The SMILES string of the molecule is CCCc1ccnc(NC(=O)C2=C(OC)CC(c3nc([C@@H]4CCCCN4C(=O)/C=C/CN(C)C)n4ccnc(N)c34)C=C2)c1. The average Bonchev–Trinajstić information content (AvgIpc) is 3.41. The number of nitrogens with zero attached hydrogens (tertiary/aromatic N) is 6. The second-order valence-electron chi connectivity index (χ2n) is 11.6. The summed E-state index contributed by atoms with van der Waals surface area (Å²) >= 11 is 0. The second-order valence-corrected chi connectivity index (χ2v) is 11.6. The molecule has 232 valence electrons. The molecule has 2 atom stereocenters. The molecule has 2 aliphatic rings. The molecule has 2 amide bonds. The van der Waals surface area contributed by atoms with E-state index in [0.29, 0.717) is 48.0 Å². The first-order valence-electron chi connectivity index (χ1n) is 15.3. The zero-order valence-corrected chi connectivity index (χ0v) is 26.0. The quantitative estimate of drug-likeness (QED) is 0.328. The molecule has 11 nitrogen and oxygen atoms in total. The number of nitrogens with two attached hydrogens (primary N) is 1. The lowest BCUT2D eigenvalue weighted by Crippen LogP contribution is -2.38. The summed E-state index contributed by atoms with van der Waals surface area (Å²) in [6, 6.07) is 3.65. The standard InChI is InChI=1S/C33H42N8O3/c1-5-9-22-14-15-35-27(20-22)37-33(43)24-13-12-23(21-26(24)44-4)29-30-31(34)36-16-19-41(30)32(38-29)25-10-6-7-18-40(25)28(42)11-8-17-39(2)3/h8,11-16,19-20,23,25H,5-7,9-10,17-18,21H2,1-4H3,(H2,34,36)(H,35,37,43)/b11-8+/t23?,25-/m0/s1. The predicted octanol–water partition coefficient (Wildman–Crippen LogP) is 4.41. The highest BCUT2D eigenvalue weighted by Gasteiger charge is 2.34. The Hall–Kier alpha value is -4.51. The van der Waals surface area contributed by atoms with Crippen LogP contribution in [0.4, 0.5) is 11.6 Å². The van der Waals surface area contributed by atoms with E-state index in [9.17, 15) is 9.59 Å². The molecule has 1 saturated heterocycles. The van der Waals surface area contributed by atoms with Crippen LogP contribution >= 0.6 is 0 Å². The van der Waals surface area contributed by atoms with Crippen LogP contribution in [0.1, 0.15) is 68.1 Å². The minimum Gasteiger partial charge on any atom is -0.500 e. The maximum absolute atomic E-state index is 13.3. The summed E-state index contributed by atoms with van der Waals surface area (Å²) in [6.07, 6.45) is 17.6. The van der Waals surface area contributed by atoms with Crippen molar-refractivity contribution in [1.29, 1.82) is 0 Å². The predicted molar refractivity (Wildman–Crippen MR) is 171 cm³/mol. The Morgan fingerprint density at radius 1 is 1.23 bits per heavy atom. The van der Waals surface area contributed by atoms with Crippen LogP contribution in [0.5, 0.6) is 0 Å². The van der Waals surface area contributed by atoms with Crippen molar-refractivity contribution >= 4 is 29.0 Å². The first-order valence-corrected chi connectivity index (χ1v) is 15.3. The molecule has 1 aliphatic carbocycles. The highest BCUT2D eigenvalue weighted by atomic mass is 16.5. The van der Waals surface area contributed by atoms with Gasteiger partial charge in [0.1, 0.15) is 28.7 Å². The molecule has 0 saturated carbocycles. The van der Waals surface area contributed by atoms with Crippen molar-refractivity contribution in [3.05, 3.63) is 83.4 Å². The van der Waals surface area contributed by atoms with Crippen LogP contribution in [0.2, 0.25) is 0 Å². The normalized spacial score (nSPS) is 18.9. The summed E-state index contributed by atoms with van der Waals surface area (Å²) in [5.74, 6) is 1.65. The number of aromatic nitrogens is 4. The van der Waals surface area contributed by atoms with E-state index in [1.54, 1.807) is 31.7 Å². The molecular formula is C33H42N8O3. The molecule has 3 aromatic rings. The zero-order valence-electron chi connectivity index (χ0n) is 26.0. The van der Waals surface area contributed by atoms with E-state index in [4.69, 9.17) is 15.5 Å². The number of nitrogen functional groups attached to an aromatic ring is 1. The molecule has 3 aromatic heterocycles. The van der Waals surface area contributed by atoms with Crippen LogP contribution in [-0.2, 0) is 20.7 Å². The lowest BCUT2D eigenvalue weighted by molar-refractivity contribution is -0.130. The van der Waals surface area contributed by atoms with Gasteiger partial charge in [0.2, 0.25) is 5.91 Å². The van der Waals surface area contributed by atoms with Crippen LogP contribution in [0, 0.1) is 0 Å². The van der Waals surface area contributed by atoms with Gasteiger partial charge in [-0.05, 0) is 63.6 Å². The Bertz CT molecular complexity index is 1610. The summed E-state index contributed by atoms with van der Waals surface area (Å²) < 4.78 is 7.72. The zero-order chi connectivity index (χ0) is 31.2.